The fourth-order valence-electron chi connectivity index (χ4n) is 0.0680. The Balaban J connectivity index is -0.0000000621. The Kier molecular flexibility index (Phi) is 26.9. The molecule has 18 heteroatoms. The average Bonchev–Trinajstić information content (AvgIpc) is 1.76. The molecular weight excluding hydrogens is 389 g/mol. The van der Waals surface area contributed by atoms with Gasteiger partial charge in [0.15, 0.2) is 0 Å². The van der Waals surface area contributed by atoms with E-state index in [2.05, 4.69) is 8.67 Å². The number of hydrogen-bond acceptors (Lipinski definition) is 11. The molecule has 0 aliphatic rings. The van der Waals surface area contributed by atoms with E-state index in [0.717, 1.165) is 0 Å². The van der Waals surface area contributed by atoms with E-state index in [1.165, 1.54) is 0 Å². The van der Waals surface area contributed by atoms with Gasteiger partial charge in [0.2, 0.25) is 31.2 Å². The van der Waals surface area contributed by atoms with Gasteiger partial charge in [0.25, 0.3) is 0 Å². The Morgan fingerprint density at radius 1 is 0.722 bits per heavy atom. The van der Waals surface area contributed by atoms with Gasteiger partial charge in [-0.15, -0.1) is 8.67 Å². The van der Waals surface area contributed by atoms with E-state index in [4.69, 9.17) is 17.5 Å². The number of hydrogen-bond donors (Lipinski definition) is 1. The SMILES string of the molecule is O=S(=O)([O-])O.O=S(=O)([O-])OOS(=O)(=O)[O-].[K+].[K+].[Na+]. The maximum atomic E-state index is 9.37. The fourth-order valence-corrected chi connectivity index (χ4v) is 0.612. The van der Waals surface area contributed by atoms with Crippen molar-refractivity contribution >= 4 is 31.2 Å². The Labute approximate surface area is 210 Å². The van der Waals surface area contributed by atoms with Gasteiger partial charge >= 0.3 is 132 Å². The largest absolute Gasteiger partial charge is 1.00 e. The van der Waals surface area contributed by atoms with Gasteiger partial charge in [-0.05, 0) is 0 Å². The summed E-state index contributed by atoms with van der Waals surface area (Å²) in [4.78, 5) is 0. The second-order valence-electron chi connectivity index (χ2n) is 1.38. The van der Waals surface area contributed by atoms with Crippen LogP contribution >= 0.6 is 0 Å². The first-order valence-electron chi connectivity index (χ1n) is 2.18. The fraction of sp³-hybridized carbons (Fsp3) is 0. The topological polar surface area (TPSA) is 210 Å². The van der Waals surface area contributed by atoms with Crippen LogP contribution in [0.25, 0.3) is 0 Å². The molecule has 0 saturated carbocycles. The first kappa shape index (κ1) is 33.5. The van der Waals surface area contributed by atoms with Crippen LogP contribution in [-0.2, 0) is 39.9 Å². The predicted molar refractivity (Wildman–Crippen MR) is 33.9 cm³/mol. The normalized spacial score (nSPS) is 10.7. The molecule has 0 amide bonds. The van der Waals surface area contributed by atoms with Crippen LogP contribution in [0.2, 0.25) is 0 Å². The molecule has 0 fully saturated rings. The minimum absolute atomic E-state index is 0. The molecule has 18 heavy (non-hydrogen) atoms. The standard InChI is InChI=1S/2K.Na.H2O8S2.H2O4S/c;;;1-9(2,3)7-8-10(4,5)6;1-5(2,3)4/h;;;(H,1,2,3)(H,4,5,6);(H2,1,2,3,4)/q3*+1;;/p-3. The molecular formula is HK2NaO12S3. The third kappa shape index (κ3) is 59.9. The molecule has 0 aromatic heterocycles. The van der Waals surface area contributed by atoms with E-state index < -0.39 is 31.2 Å². The maximum absolute atomic E-state index is 9.37. The Morgan fingerprint density at radius 3 is 0.889 bits per heavy atom. The van der Waals surface area contributed by atoms with Gasteiger partial charge in [0.1, 0.15) is 0 Å². The summed E-state index contributed by atoms with van der Waals surface area (Å²) in [5.74, 6) is 0. The van der Waals surface area contributed by atoms with Crippen molar-refractivity contribution in [2.75, 3.05) is 0 Å². The van der Waals surface area contributed by atoms with Crippen LogP contribution in [0.1, 0.15) is 0 Å². The zero-order valence-corrected chi connectivity index (χ0v) is 19.9. The minimum atomic E-state index is -5.31. The molecule has 0 aromatic carbocycles. The van der Waals surface area contributed by atoms with E-state index in [9.17, 15) is 25.9 Å². The van der Waals surface area contributed by atoms with Gasteiger partial charge in [-0.2, -0.15) is 0 Å². The van der Waals surface area contributed by atoms with E-state index in [-0.39, 0.29) is 132 Å². The van der Waals surface area contributed by atoms with Gasteiger partial charge in [-0.1, -0.05) is 0 Å². The molecule has 0 aromatic rings. The zero-order chi connectivity index (χ0) is 12.9. The molecule has 0 heterocycles. The molecule has 0 spiro atoms. The molecule has 0 aliphatic carbocycles. The summed E-state index contributed by atoms with van der Waals surface area (Å²) in [6.45, 7) is 0. The van der Waals surface area contributed by atoms with Crippen molar-refractivity contribution in [3.05, 3.63) is 0 Å². The van der Waals surface area contributed by atoms with Crippen LogP contribution in [0.5, 0.6) is 0 Å². The van der Waals surface area contributed by atoms with Gasteiger partial charge in [0, 0.05) is 0 Å². The van der Waals surface area contributed by atoms with Crippen LogP contribution in [-0.4, -0.2) is 43.5 Å². The average molecular weight is 390 g/mol. The smallest absolute Gasteiger partial charge is 0.726 e. The molecule has 0 radical (unpaired) electrons. The monoisotopic (exact) mass is 390 g/mol. The van der Waals surface area contributed by atoms with Gasteiger partial charge < -0.3 is 13.7 Å². The van der Waals surface area contributed by atoms with E-state index >= 15 is 0 Å². The van der Waals surface area contributed by atoms with Crippen LogP contribution in [0.3, 0.4) is 0 Å². The Bertz CT molecular complexity index is 429. The van der Waals surface area contributed by atoms with E-state index in [0.29, 0.717) is 0 Å². The van der Waals surface area contributed by atoms with Crippen LogP contribution in [0.4, 0.5) is 0 Å². The predicted octanol–water partition coefficient (Wildman–Crippen LogP) is -12.1. The summed E-state index contributed by atoms with van der Waals surface area (Å²) in [5, 5.41) is 0. The van der Waals surface area contributed by atoms with Crippen LogP contribution in [0, 0.1) is 0 Å². The van der Waals surface area contributed by atoms with E-state index in [1.54, 1.807) is 0 Å². The summed E-state index contributed by atoms with van der Waals surface area (Å²) >= 11 is 0. The summed E-state index contributed by atoms with van der Waals surface area (Å²) < 4.78 is 94.3. The third-order valence-electron chi connectivity index (χ3n) is 0.194. The first-order valence-corrected chi connectivity index (χ1v) is 6.21. The van der Waals surface area contributed by atoms with Crippen molar-refractivity contribution in [1.82, 2.24) is 0 Å². The zero-order valence-electron chi connectivity index (χ0n) is 9.16. The second-order valence-corrected chi connectivity index (χ2v) is 4.14. The second kappa shape index (κ2) is 14.5. The molecule has 0 bridgehead atoms. The van der Waals surface area contributed by atoms with Crippen molar-refractivity contribution < 1.29 is 184 Å². The van der Waals surface area contributed by atoms with Crippen LogP contribution in [0.15, 0.2) is 0 Å². The molecule has 0 atom stereocenters. The Hall–Kier alpha value is 3.88. The first-order chi connectivity index (χ1) is 6.21. The molecule has 0 rings (SSSR count). The Morgan fingerprint density at radius 2 is 0.833 bits per heavy atom. The van der Waals surface area contributed by atoms with E-state index in [1.807, 2.05) is 0 Å². The molecule has 12 nitrogen and oxygen atoms in total. The summed E-state index contributed by atoms with van der Waals surface area (Å²) in [7, 11) is -15.5. The number of rotatable bonds is 3. The van der Waals surface area contributed by atoms with Crippen LogP contribution < -0.4 is 132 Å². The van der Waals surface area contributed by atoms with Crippen molar-refractivity contribution in [2.24, 2.45) is 0 Å². The molecule has 1 N–H and O–H groups in total. The van der Waals surface area contributed by atoms with Gasteiger partial charge in [0.05, 0.1) is 0 Å². The molecule has 0 saturated heterocycles. The summed E-state index contributed by atoms with van der Waals surface area (Å²) in [6.07, 6.45) is 0. The quantitative estimate of drug-likeness (QED) is 0.156. The molecule has 94 valence electrons. The van der Waals surface area contributed by atoms with Crippen molar-refractivity contribution in [1.29, 1.82) is 0 Å². The van der Waals surface area contributed by atoms with Crippen molar-refractivity contribution in [3.63, 3.8) is 0 Å². The van der Waals surface area contributed by atoms with Gasteiger partial charge in [-0.25, -0.2) is 25.3 Å². The summed E-state index contributed by atoms with van der Waals surface area (Å²) in [5.41, 5.74) is 0. The van der Waals surface area contributed by atoms with Gasteiger partial charge in [-0.3, -0.25) is 4.55 Å². The van der Waals surface area contributed by atoms with Crippen molar-refractivity contribution in [3.8, 4) is 0 Å². The minimum Gasteiger partial charge on any atom is -0.726 e. The molecule has 0 unspecified atom stereocenters. The summed E-state index contributed by atoms with van der Waals surface area (Å²) in [6, 6.07) is 0. The maximum Gasteiger partial charge on any atom is 1.00 e. The van der Waals surface area contributed by atoms with Crippen molar-refractivity contribution in [2.45, 2.75) is 0 Å². The third-order valence-corrected chi connectivity index (χ3v) is 0.750. The molecule has 0 aliphatic heterocycles.